The number of fused-ring (bicyclic) bond motifs is 1. The summed E-state index contributed by atoms with van der Waals surface area (Å²) < 4.78 is 7.10. The van der Waals surface area contributed by atoms with Gasteiger partial charge in [0.1, 0.15) is 23.5 Å². The van der Waals surface area contributed by atoms with Crippen molar-refractivity contribution in [2.75, 3.05) is 0 Å². The summed E-state index contributed by atoms with van der Waals surface area (Å²) >= 11 is 1.67. The molecule has 0 aliphatic heterocycles. The molecule has 1 aliphatic carbocycles. The van der Waals surface area contributed by atoms with E-state index in [9.17, 15) is 0 Å². The van der Waals surface area contributed by atoms with Crippen LogP contribution in [0.2, 0.25) is 0 Å². The van der Waals surface area contributed by atoms with E-state index in [4.69, 9.17) is 15.5 Å². The molecule has 2 N–H and O–H groups in total. The normalized spacial score (nSPS) is 16.7. The van der Waals surface area contributed by atoms with E-state index >= 15 is 0 Å². The molecule has 3 aromatic rings. The zero-order valence-corrected chi connectivity index (χ0v) is 15.6. The Hall–Kier alpha value is -1.95. The van der Waals surface area contributed by atoms with Gasteiger partial charge in [0.05, 0.1) is 10.2 Å². The van der Waals surface area contributed by atoms with Crippen LogP contribution in [0.1, 0.15) is 48.8 Å². The Balaban J connectivity index is 1.40. The fraction of sp³-hybridized carbons (Fsp3) is 0.381. The molecule has 136 valence electrons. The first-order chi connectivity index (χ1) is 12.8. The quantitative estimate of drug-likeness (QED) is 0.593. The second kappa shape index (κ2) is 8.16. The lowest BCUT2D eigenvalue weighted by Crippen LogP contribution is -2.21. The zero-order valence-electron chi connectivity index (χ0n) is 14.8. The molecule has 5 heteroatoms. The van der Waals surface area contributed by atoms with Gasteiger partial charge in [0.2, 0.25) is 0 Å². The second-order valence-electron chi connectivity index (χ2n) is 6.89. The van der Waals surface area contributed by atoms with Crippen molar-refractivity contribution in [3.63, 3.8) is 0 Å². The molecule has 1 aromatic heterocycles. The lowest BCUT2D eigenvalue weighted by Gasteiger charge is -2.28. The van der Waals surface area contributed by atoms with Crippen LogP contribution in [0.25, 0.3) is 10.2 Å². The number of para-hydroxylation sites is 1. The van der Waals surface area contributed by atoms with Crippen LogP contribution in [0, 0.1) is 5.92 Å². The lowest BCUT2D eigenvalue weighted by molar-refractivity contribution is -0.00278. The number of nitrogens with zero attached hydrogens (tertiary/aromatic N) is 1. The molecule has 0 bridgehead atoms. The van der Waals surface area contributed by atoms with Crippen LogP contribution in [0.3, 0.4) is 0 Å². The molecule has 2 aromatic carbocycles. The summed E-state index contributed by atoms with van der Waals surface area (Å²) in [5, 5.41) is 0.987. The third-order valence-electron chi connectivity index (χ3n) is 5.13. The van der Waals surface area contributed by atoms with Crippen LogP contribution in [0.4, 0.5) is 0 Å². The Morgan fingerprint density at radius 3 is 2.54 bits per heavy atom. The van der Waals surface area contributed by atoms with Gasteiger partial charge >= 0.3 is 0 Å². The molecular formula is C21H24N2O2S. The van der Waals surface area contributed by atoms with Crippen molar-refractivity contribution in [2.24, 2.45) is 11.8 Å². The van der Waals surface area contributed by atoms with E-state index in [1.54, 1.807) is 11.3 Å². The molecule has 1 aliphatic rings. The van der Waals surface area contributed by atoms with E-state index in [0.717, 1.165) is 21.8 Å². The Morgan fingerprint density at radius 2 is 1.81 bits per heavy atom. The SMILES string of the molecule is NOC(c1ccc(OCc2nc3ccccc3s2)cc1)C1CCCCC1. The standard InChI is InChI=1S/C21H24N2O2S/c22-25-21(15-6-2-1-3-7-15)16-10-12-17(13-11-16)24-14-20-23-18-8-4-5-9-19(18)26-20/h4-5,8-13,15,21H,1-3,6-7,14,22H2. The first-order valence-corrected chi connectivity index (χ1v) is 10.1. The van der Waals surface area contributed by atoms with Gasteiger partial charge in [0.25, 0.3) is 0 Å². The monoisotopic (exact) mass is 368 g/mol. The summed E-state index contributed by atoms with van der Waals surface area (Å²) in [6, 6.07) is 16.3. The largest absolute Gasteiger partial charge is 0.486 e. The van der Waals surface area contributed by atoms with Crippen molar-refractivity contribution in [1.29, 1.82) is 0 Å². The van der Waals surface area contributed by atoms with Crippen LogP contribution < -0.4 is 10.6 Å². The van der Waals surface area contributed by atoms with Gasteiger partial charge in [-0.15, -0.1) is 11.3 Å². The molecule has 1 fully saturated rings. The van der Waals surface area contributed by atoms with Gasteiger partial charge in [-0.05, 0) is 48.6 Å². The predicted octanol–water partition coefficient (Wildman–Crippen LogP) is 5.39. The maximum absolute atomic E-state index is 5.91. The van der Waals surface area contributed by atoms with Gasteiger partial charge in [-0.2, -0.15) is 0 Å². The molecular weight excluding hydrogens is 344 g/mol. The van der Waals surface area contributed by atoms with E-state index in [-0.39, 0.29) is 6.10 Å². The lowest BCUT2D eigenvalue weighted by atomic mass is 9.83. The zero-order chi connectivity index (χ0) is 17.8. The number of thiazole rings is 1. The average molecular weight is 369 g/mol. The predicted molar refractivity (Wildman–Crippen MR) is 105 cm³/mol. The topological polar surface area (TPSA) is 57.4 Å². The van der Waals surface area contributed by atoms with E-state index in [0.29, 0.717) is 12.5 Å². The van der Waals surface area contributed by atoms with Crippen molar-refractivity contribution in [1.82, 2.24) is 4.98 Å². The fourth-order valence-electron chi connectivity index (χ4n) is 3.78. The summed E-state index contributed by atoms with van der Waals surface area (Å²) in [6.07, 6.45) is 6.23. The third kappa shape index (κ3) is 3.90. The molecule has 4 rings (SSSR count). The van der Waals surface area contributed by atoms with Crippen LogP contribution in [0.5, 0.6) is 5.75 Å². The second-order valence-corrected chi connectivity index (χ2v) is 8.00. The molecule has 1 unspecified atom stereocenters. The molecule has 0 amide bonds. The van der Waals surface area contributed by atoms with E-state index in [1.165, 1.54) is 36.8 Å². The van der Waals surface area contributed by atoms with Crippen LogP contribution in [-0.2, 0) is 11.4 Å². The molecule has 1 heterocycles. The first-order valence-electron chi connectivity index (χ1n) is 9.26. The summed E-state index contributed by atoms with van der Waals surface area (Å²) in [5.41, 5.74) is 2.16. The maximum atomic E-state index is 5.91. The minimum atomic E-state index is -0.0198. The third-order valence-corrected chi connectivity index (χ3v) is 6.14. The molecule has 0 radical (unpaired) electrons. The molecule has 4 nitrogen and oxygen atoms in total. The van der Waals surface area contributed by atoms with Crippen molar-refractivity contribution in [3.8, 4) is 5.75 Å². The molecule has 26 heavy (non-hydrogen) atoms. The molecule has 0 saturated heterocycles. The van der Waals surface area contributed by atoms with Gasteiger partial charge in [0.15, 0.2) is 0 Å². The van der Waals surface area contributed by atoms with Gasteiger partial charge < -0.3 is 4.74 Å². The minimum absolute atomic E-state index is 0.0198. The first kappa shape index (κ1) is 17.5. The van der Waals surface area contributed by atoms with Gasteiger partial charge in [-0.3, -0.25) is 4.84 Å². The summed E-state index contributed by atoms with van der Waals surface area (Å²) in [6.45, 7) is 0.484. The summed E-state index contributed by atoms with van der Waals surface area (Å²) in [4.78, 5) is 9.93. The van der Waals surface area contributed by atoms with Crippen molar-refractivity contribution >= 4 is 21.6 Å². The summed E-state index contributed by atoms with van der Waals surface area (Å²) in [5.74, 6) is 6.96. The van der Waals surface area contributed by atoms with Crippen LogP contribution in [-0.4, -0.2) is 4.98 Å². The Kier molecular flexibility index (Phi) is 5.48. The van der Waals surface area contributed by atoms with Gasteiger partial charge in [0, 0.05) is 0 Å². The highest BCUT2D eigenvalue weighted by molar-refractivity contribution is 7.18. The fourth-order valence-corrected chi connectivity index (χ4v) is 4.66. The number of hydrogen-bond acceptors (Lipinski definition) is 5. The van der Waals surface area contributed by atoms with E-state index < -0.39 is 0 Å². The van der Waals surface area contributed by atoms with Gasteiger partial charge in [-0.1, -0.05) is 43.5 Å². The number of benzene rings is 2. The highest BCUT2D eigenvalue weighted by Gasteiger charge is 2.25. The number of rotatable bonds is 6. The number of aromatic nitrogens is 1. The van der Waals surface area contributed by atoms with Crippen LogP contribution >= 0.6 is 11.3 Å². The Morgan fingerprint density at radius 1 is 1.04 bits per heavy atom. The Labute approximate surface area is 157 Å². The smallest absolute Gasteiger partial charge is 0.140 e. The van der Waals surface area contributed by atoms with Crippen LogP contribution in [0.15, 0.2) is 48.5 Å². The summed E-state index contributed by atoms with van der Waals surface area (Å²) in [7, 11) is 0. The van der Waals surface area contributed by atoms with E-state index in [2.05, 4.69) is 23.2 Å². The average Bonchev–Trinajstić information content (AvgIpc) is 3.12. The van der Waals surface area contributed by atoms with Gasteiger partial charge in [-0.25, -0.2) is 10.9 Å². The highest BCUT2D eigenvalue weighted by Crippen LogP contribution is 2.36. The Bertz CT molecular complexity index is 808. The number of nitrogens with two attached hydrogens (primary N) is 1. The van der Waals surface area contributed by atoms with Crippen molar-refractivity contribution < 1.29 is 9.57 Å². The van der Waals surface area contributed by atoms with Crippen molar-refractivity contribution in [2.45, 2.75) is 44.8 Å². The highest BCUT2D eigenvalue weighted by atomic mass is 32.1. The minimum Gasteiger partial charge on any atom is -0.486 e. The molecule has 1 atom stereocenters. The molecule has 1 saturated carbocycles. The maximum Gasteiger partial charge on any atom is 0.140 e. The van der Waals surface area contributed by atoms with Crippen molar-refractivity contribution in [3.05, 3.63) is 59.1 Å². The molecule has 0 spiro atoms. The number of ether oxygens (including phenoxy) is 1. The number of hydrogen-bond donors (Lipinski definition) is 1. The van der Waals surface area contributed by atoms with E-state index in [1.807, 2.05) is 30.3 Å².